The molecule has 166 valence electrons. The number of nitrogens with zero attached hydrogens (tertiary/aromatic N) is 7. The molecule has 0 amide bonds. The maximum Gasteiger partial charge on any atom is 0.453 e. The quantitative estimate of drug-likeness (QED) is 0.439. The molecule has 0 N–H and O–H groups in total. The number of alkyl halides is 3. The summed E-state index contributed by atoms with van der Waals surface area (Å²) in [7, 11) is 0. The minimum absolute atomic E-state index is 0.00784. The second-order valence-corrected chi connectivity index (χ2v) is 7.72. The minimum atomic E-state index is -4.64. The normalized spacial score (nSPS) is 15.6. The van der Waals surface area contributed by atoms with Crippen LogP contribution in [0.25, 0.3) is 17.0 Å². The molecule has 1 saturated heterocycles. The van der Waals surface area contributed by atoms with E-state index in [0.29, 0.717) is 53.5 Å². The van der Waals surface area contributed by atoms with Crippen molar-refractivity contribution in [3.63, 3.8) is 0 Å². The summed E-state index contributed by atoms with van der Waals surface area (Å²) in [5, 5.41) is 14.8. The Morgan fingerprint density at radius 1 is 1.06 bits per heavy atom. The number of halogens is 4. The first-order valence-electron chi connectivity index (χ1n) is 9.94. The summed E-state index contributed by atoms with van der Waals surface area (Å²) in [5.74, 6) is -0.345. The van der Waals surface area contributed by atoms with Gasteiger partial charge in [0.25, 0.3) is 5.82 Å². The molecule has 0 bridgehead atoms. The van der Waals surface area contributed by atoms with E-state index in [1.165, 1.54) is 18.2 Å². The smallest absolute Gasteiger partial charge is 0.355 e. The van der Waals surface area contributed by atoms with E-state index < -0.39 is 12.0 Å². The van der Waals surface area contributed by atoms with Crippen molar-refractivity contribution in [2.45, 2.75) is 31.9 Å². The molecular weight excluding hydrogens is 430 g/mol. The number of anilines is 1. The molecule has 12 heteroatoms. The van der Waals surface area contributed by atoms with Crippen molar-refractivity contribution >= 4 is 11.5 Å². The van der Waals surface area contributed by atoms with E-state index in [0.717, 1.165) is 5.56 Å². The maximum atomic E-state index is 13.7. The van der Waals surface area contributed by atoms with Gasteiger partial charge in [-0.2, -0.15) is 22.7 Å². The number of aryl methyl sites for hydroxylation is 1. The summed E-state index contributed by atoms with van der Waals surface area (Å²) in [6, 6.07) is 7.64. The van der Waals surface area contributed by atoms with Crippen molar-refractivity contribution in [1.82, 2.24) is 30.0 Å². The molecule has 3 aromatic heterocycles. The van der Waals surface area contributed by atoms with Crippen LogP contribution in [0.5, 0.6) is 0 Å². The third kappa shape index (κ3) is 3.76. The van der Waals surface area contributed by atoms with E-state index in [-0.39, 0.29) is 17.4 Å². The molecule has 5 rings (SSSR count). The van der Waals surface area contributed by atoms with Gasteiger partial charge < -0.3 is 9.42 Å². The largest absolute Gasteiger partial charge is 0.453 e. The Bertz CT molecular complexity index is 1250. The lowest BCUT2D eigenvalue weighted by Gasteiger charge is -2.31. The third-order valence-electron chi connectivity index (χ3n) is 5.41. The zero-order valence-electron chi connectivity index (χ0n) is 16.8. The molecular formula is C20H17F4N7O. The summed E-state index contributed by atoms with van der Waals surface area (Å²) in [6.07, 6.45) is -3.34. The molecule has 1 aliphatic heterocycles. The van der Waals surface area contributed by atoms with Crippen LogP contribution in [-0.4, -0.2) is 43.0 Å². The Morgan fingerprint density at radius 3 is 2.56 bits per heavy atom. The number of hydrogen-bond donors (Lipinski definition) is 0. The van der Waals surface area contributed by atoms with Gasteiger partial charge in [-0.25, -0.2) is 4.39 Å². The average Bonchev–Trinajstić information content (AvgIpc) is 3.40. The van der Waals surface area contributed by atoms with E-state index >= 15 is 0 Å². The predicted octanol–water partition coefficient (Wildman–Crippen LogP) is 4.02. The van der Waals surface area contributed by atoms with Crippen LogP contribution >= 0.6 is 0 Å². The number of hydrogen-bond acceptors (Lipinski definition) is 7. The van der Waals surface area contributed by atoms with E-state index in [1.54, 1.807) is 19.1 Å². The topological polar surface area (TPSA) is 85.2 Å². The maximum absolute atomic E-state index is 13.7. The summed E-state index contributed by atoms with van der Waals surface area (Å²) in [6.45, 7) is 2.87. The molecule has 0 saturated carbocycles. The lowest BCUT2D eigenvalue weighted by atomic mass is 9.97. The molecule has 0 unspecified atom stereocenters. The third-order valence-corrected chi connectivity index (χ3v) is 5.41. The van der Waals surface area contributed by atoms with Crippen LogP contribution in [0.2, 0.25) is 0 Å². The predicted molar refractivity (Wildman–Crippen MR) is 104 cm³/mol. The van der Waals surface area contributed by atoms with Crippen LogP contribution in [0.15, 0.2) is 34.9 Å². The second kappa shape index (κ2) is 7.53. The lowest BCUT2D eigenvalue weighted by molar-refractivity contribution is -0.146. The highest BCUT2D eigenvalue weighted by Crippen LogP contribution is 2.32. The Labute approximate surface area is 178 Å². The molecule has 0 aliphatic carbocycles. The van der Waals surface area contributed by atoms with Crippen LogP contribution in [0.4, 0.5) is 23.4 Å². The van der Waals surface area contributed by atoms with Gasteiger partial charge in [0.05, 0.1) is 0 Å². The fourth-order valence-electron chi connectivity index (χ4n) is 3.86. The highest BCUT2D eigenvalue weighted by molar-refractivity contribution is 5.55. The summed E-state index contributed by atoms with van der Waals surface area (Å²) in [5.41, 5.74) is 1.33. The molecule has 0 radical (unpaired) electrons. The Balaban J connectivity index is 1.31. The average molecular weight is 447 g/mol. The lowest BCUT2D eigenvalue weighted by Crippen LogP contribution is -2.34. The van der Waals surface area contributed by atoms with Crippen LogP contribution < -0.4 is 4.90 Å². The summed E-state index contributed by atoms with van der Waals surface area (Å²) >= 11 is 0. The Morgan fingerprint density at radius 2 is 1.84 bits per heavy atom. The monoisotopic (exact) mass is 447 g/mol. The zero-order valence-corrected chi connectivity index (χ0v) is 16.8. The first-order chi connectivity index (χ1) is 15.3. The van der Waals surface area contributed by atoms with Crippen molar-refractivity contribution in [2.24, 2.45) is 0 Å². The molecule has 4 heterocycles. The fourth-order valence-corrected chi connectivity index (χ4v) is 3.86. The number of rotatable bonds is 3. The fraction of sp³-hybridized carbons (Fsp3) is 0.350. The molecule has 1 aliphatic rings. The van der Waals surface area contributed by atoms with Gasteiger partial charge in [0.2, 0.25) is 11.7 Å². The van der Waals surface area contributed by atoms with Crippen molar-refractivity contribution in [2.75, 3.05) is 18.0 Å². The SMILES string of the molecule is Cc1cc(F)cc(-c2noc(C3CCN(c4ccc5nnc(C(F)(F)F)n5n4)CC3)n2)c1. The standard InChI is InChI=1S/C20H17F4N7O/c1-11-8-13(10-14(21)9-11)17-25-18(32-29-17)12-4-6-30(7-5-12)16-3-2-15-26-27-19(20(22,23)24)31(15)28-16/h2-3,8-10,12H,4-7H2,1H3. The number of piperidine rings is 1. The number of aromatic nitrogens is 6. The van der Waals surface area contributed by atoms with Crippen LogP contribution in [0.1, 0.15) is 36.0 Å². The van der Waals surface area contributed by atoms with E-state index in [2.05, 4.69) is 25.4 Å². The van der Waals surface area contributed by atoms with Gasteiger partial charge in [0, 0.05) is 24.6 Å². The van der Waals surface area contributed by atoms with Gasteiger partial charge in [-0.15, -0.1) is 15.3 Å². The highest BCUT2D eigenvalue weighted by atomic mass is 19.4. The van der Waals surface area contributed by atoms with E-state index in [1.807, 2.05) is 4.90 Å². The van der Waals surface area contributed by atoms with Crippen molar-refractivity contribution in [3.8, 4) is 11.4 Å². The first kappa shape index (κ1) is 20.3. The molecule has 1 fully saturated rings. The van der Waals surface area contributed by atoms with Crippen LogP contribution in [0, 0.1) is 12.7 Å². The Hall–Kier alpha value is -3.57. The second-order valence-electron chi connectivity index (χ2n) is 7.72. The van der Waals surface area contributed by atoms with Crippen molar-refractivity contribution < 1.29 is 22.1 Å². The molecule has 8 nitrogen and oxygen atoms in total. The Kier molecular flexibility index (Phi) is 4.79. The summed E-state index contributed by atoms with van der Waals surface area (Å²) < 4.78 is 59.1. The molecule has 0 atom stereocenters. The minimum Gasteiger partial charge on any atom is -0.355 e. The van der Waals surface area contributed by atoms with Crippen LogP contribution in [0.3, 0.4) is 0 Å². The zero-order chi connectivity index (χ0) is 22.5. The molecule has 0 spiro atoms. The van der Waals surface area contributed by atoms with E-state index in [9.17, 15) is 17.6 Å². The van der Waals surface area contributed by atoms with E-state index in [4.69, 9.17) is 4.52 Å². The molecule has 1 aromatic carbocycles. The molecule has 4 aromatic rings. The van der Waals surface area contributed by atoms with Crippen LogP contribution in [-0.2, 0) is 6.18 Å². The van der Waals surface area contributed by atoms with Gasteiger partial charge in [-0.05, 0) is 55.7 Å². The summed E-state index contributed by atoms with van der Waals surface area (Å²) in [4.78, 5) is 6.32. The van der Waals surface area contributed by atoms with Crippen molar-refractivity contribution in [1.29, 1.82) is 0 Å². The van der Waals surface area contributed by atoms with Gasteiger partial charge in [0.1, 0.15) is 11.6 Å². The number of benzene rings is 1. The van der Waals surface area contributed by atoms with Gasteiger partial charge >= 0.3 is 6.18 Å². The van der Waals surface area contributed by atoms with Gasteiger partial charge in [-0.3, -0.25) is 0 Å². The molecule has 32 heavy (non-hydrogen) atoms. The van der Waals surface area contributed by atoms with Gasteiger partial charge in [0.15, 0.2) is 5.65 Å². The highest BCUT2D eigenvalue weighted by Gasteiger charge is 2.38. The van der Waals surface area contributed by atoms with Crippen molar-refractivity contribution in [3.05, 3.63) is 53.4 Å². The first-order valence-corrected chi connectivity index (χ1v) is 9.94. The number of fused-ring (bicyclic) bond motifs is 1. The van der Waals surface area contributed by atoms with Gasteiger partial charge in [-0.1, -0.05) is 5.16 Å².